The van der Waals surface area contributed by atoms with Crippen molar-refractivity contribution in [2.24, 2.45) is 5.92 Å². The molecule has 0 aromatic heterocycles. The first kappa shape index (κ1) is 16.5. The van der Waals surface area contributed by atoms with Gasteiger partial charge >= 0.3 is 5.97 Å². The van der Waals surface area contributed by atoms with Gasteiger partial charge in [0.1, 0.15) is 0 Å². The van der Waals surface area contributed by atoms with Gasteiger partial charge < -0.3 is 10.0 Å². The number of unbranched alkanes of at least 4 members (excludes halogenated alkanes) is 2. The van der Waals surface area contributed by atoms with E-state index in [1.54, 1.807) is 6.92 Å². The van der Waals surface area contributed by atoms with Gasteiger partial charge in [0.2, 0.25) is 0 Å². The number of carboxylic acid groups (broad SMARTS) is 1. The van der Waals surface area contributed by atoms with Crippen molar-refractivity contribution in [3.8, 4) is 0 Å². The summed E-state index contributed by atoms with van der Waals surface area (Å²) in [6.07, 6.45) is 3.47. The summed E-state index contributed by atoms with van der Waals surface area (Å²) in [5, 5.41) is 9.12. The first-order valence-electron chi connectivity index (χ1n) is 7.50. The molecule has 1 unspecified atom stereocenters. The van der Waals surface area contributed by atoms with Gasteiger partial charge in [0.15, 0.2) is 0 Å². The number of hydrogen-bond donors (Lipinski definition) is 1. The molecule has 1 aromatic carbocycles. The Morgan fingerprint density at radius 2 is 1.95 bits per heavy atom. The average molecular weight is 277 g/mol. The Balaban J connectivity index is 2.84. The van der Waals surface area contributed by atoms with Gasteiger partial charge in [-0.25, -0.2) is 0 Å². The van der Waals surface area contributed by atoms with E-state index in [1.165, 1.54) is 24.0 Å². The lowest BCUT2D eigenvalue weighted by atomic mass is 10.1. The van der Waals surface area contributed by atoms with Crippen molar-refractivity contribution in [2.75, 3.05) is 18.0 Å². The minimum atomic E-state index is -0.727. The molecule has 0 spiro atoms. The zero-order chi connectivity index (χ0) is 15.1. The van der Waals surface area contributed by atoms with E-state index in [4.69, 9.17) is 5.11 Å². The molecule has 0 aliphatic carbocycles. The van der Waals surface area contributed by atoms with Crippen LogP contribution in [0.25, 0.3) is 0 Å². The van der Waals surface area contributed by atoms with Crippen molar-refractivity contribution in [3.63, 3.8) is 0 Å². The zero-order valence-corrected chi connectivity index (χ0v) is 13.1. The minimum absolute atomic E-state index is 0.349. The molecular weight excluding hydrogens is 250 g/mol. The number of hydrogen-bond acceptors (Lipinski definition) is 2. The van der Waals surface area contributed by atoms with Crippen LogP contribution in [-0.4, -0.2) is 24.2 Å². The summed E-state index contributed by atoms with van der Waals surface area (Å²) < 4.78 is 0. The number of benzene rings is 1. The molecular formula is C17H27NO2. The fourth-order valence-electron chi connectivity index (χ4n) is 2.21. The molecule has 0 saturated carbocycles. The highest BCUT2D eigenvalue weighted by molar-refractivity contribution is 5.70. The lowest BCUT2D eigenvalue weighted by Gasteiger charge is -2.27. The largest absolute Gasteiger partial charge is 0.481 e. The van der Waals surface area contributed by atoms with E-state index in [-0.39, 0.29) is 5.92 Å². The summed E-state index contributed by atoms with van der Waals surface area (Å²) in [7, 11) is 0. The smallest absolute Gasteiger partial charge is 0.308 e. The SMILES string of the molecule is CCCCCN(CC(C)C(=O)O)c1ccc(C)c(C)c1. The Morgan fingerprint density at radius 3 is 2.50 bits per heavy atom. The normalized spacial score (nSPS) is 12.2. The van der Waals surface area contributed by atoms with Crippen molar-refractivity contribution >= 4 is 11.7 Å². The molecule has 0 aliphatic heterocycles. The predicted molar refractivity (Wildman–Crippen MR) is 84.5 cm³/mol. The maximum Gasteiger partial charge on any atom is 0.308 e. The second-order valence-electron chi connectivity index (χ2n) is 5.66. The van der Waals surface area contributed by atoms with Crippen LogP contribution in [0.4, 0.5) is 5.69 Å². The number of carboxylic acids is 1. The lowest BCUT2D eigenvalue weighted by Crippen LogP contribution is -2.32. The monoisotopic (exact) mass is 277 g/mol. The van der Waals surface area contributed by atoms with Crippen LogP contribution in [0.3, 0.4) is 0 Å². The Kier molecular flexibility index (Phi) is 6.56. The van der Waals surface area contributed by atoms with Gasteiger partial charge in [-0.15, -0.1) is 0 Å². The third kappa shape index (κ3) is 4.87. The molecule has 1 rings (SSSR count). The quantitative estimate of drug-likeness (QED) is 0.730. The van der Waals surface area contributed by atoms with E-state index in [9.17, 15) is 4.79 Å². The number of rotatable bonds is 8. The van der Waals surface area contributed by atoms with Gasteiger partial charge in [-0.3, -0.25) is 4.79 Å². The molecule has 3 heteroatoms. The molecule has 3 nitrogen and oxygen atoms in total. The van der Waals surface area contributed by atoms with Crippen LogP contribution < -0.4 is 4.90 Å². The average Bonchev–Trinajstić information content (AvgIpc) is 2.40. The standard InChI is InChI=1S/C17H27NO2/c1-5-6-7-10-18(12-15(4)17(19)20)16-9-8-13(2)14(3)11-16/h8-9,11,15H,5-7,10,12H2,1-4H3,(H,19,20). The number of aliphatic carboxylic acids is 1. The predicted octanol–water partition coefficient (Wildman–Crippen LogP) is 4.02. The van der Waals surface area contributed by atoms with E-state index in [1.807, 2.05) is 0 Å². The molecule has 0 bridgehead atoms. The molecule has 20 heavy (non-hydrogen) atoms. The Bertz CT molecular complexity index is 443. The zero-order valence-electron chi connectivity index (χ0n) is 13.1. The molecule has 1 atom stereocenters. The van der Waals surface area contributed by atoms with Crippen LogP contribution in [0.2, 0.25) is 0 Å². The maximum absolute atomic E-state index is 11.1. The van der Waals surface area contributed by atoms with E-state index >= 15 is 0 Å². The van der Waals surface area contributed by atoms with Crippen LogP contribution in [0.5, 0.6) is 0 Å². The lowest BCUT2D eigenvalue weighted by molar-refractivity contribution is -0.140. The molecule has 0 amide bonds. The number of aryl methyl sites for hydroxylation is 2. The fourth-order valence-corrected chi connectivity index (χ4v) is 2.21. The Morgan fingerprint density at radius 1 is 1.25 bits per heavy atom. The molecule has 0 aliphatic rings. The third-order valence-electron chi connectivity index (χ3n) is 3.80. The number of carbonyl (C=O) groups is 1. The highest BCUT2D eigenvalue weighted by Gasteiger charge is 2.16. The molecule has 0 fully saturated rings. The van der Waals surface area contributed by atoms with E-state index in [2.05, 4.69) is 43.9 Å². The Labute approximate surface area is 122 Å². The van der Waals surface area contributed by atoms with Crippen LogP contribution in [-0.2, 0) is 4.79 Å². The summed E-state index contributed by atoms with van der Waals surface area (Å²) in [4.78, 5) is 13.3. The van der Waals surface area contributed by atoms with Crippen molar-refractivity contribution in [1.29, 1.82) is 0 Å². The van der Waals surface area contributed by atoms with Gasteiger partial charge in [0.05, 0.1) is 5.92 Å². The number of anilines is 1. The summed E-state index contributed by atoms with van der Waals surface area (Å²) in [6, 6.07) is 6.38. The Hall–Kier alpha value is -1.51. The van der Waals surface area contributed by atoms with Crippen molar-refractivity contribution < 1.29 is 9.90 Å². The van der Waals surface area contributed by atoms with Crippen molar-refractivity contribution in [2.45, 2.75) is 47.0 Å². The van der Waals surface area contributed by atoms with Gasteiger partial charge in [-0.05, 0) is 43.5 Å². The van der Waals surface area contributed by atoms with Gasteiger partial charge in [-0.1, -0.05) is 32.8 Å². The first-order chi connectivity index (χ1) is 9.45. The molecule has 0 saturated heterocycles. The van der Waals surface area contributed by atoms with Gasteiger partial charge in [0.25, 0.3) is 0 Å². The number of nitrogens with zero attached hydrogens (tertiary/aromatic N) is 1. The van der Waals surface area contributed by atoms with Crippen LogP contribution in [0.15, 0.2) is 18.2 Å². The molecule has 1 N–H and O–H groups in total. The van der Waals surface area contributed by atoms with E-state index in [0.717, 1.165) is 18.7 Å². The minimum Gasteiger partial charge on any atom is -0.481 e. The van der Waals surface area contributed by atoms with Crippen LogP contribution in [0, 0.1) is 19.8 Å². The summed E-state index contributed by atoms with van der Waals surface area (Å²) in [5.41, 5.74) is 3.66. The van der Waals surface area contributed by atoms with Crippen molar-refractivity contribution in [3.05, 3.63) is 29.3 Å². The third-order valence-corrected chi connectivity index (χ3v) is 3.80. The van der Waals surface area contributed by atoms with Crippen LogP contribution in [0.1, 0.15) is 44.2 Å². The topological polar surface area (TPSA) is 40.5 Å². The fraction of sp³-hybridized carbons (Fsp3) is 0.588. The molecule has 0 radical (unpaired) electrons. The maximum atomic E-state index is 11.1. The summed E-state index contributed by atoms with van der Waals surface area (Å²) in [5.74, 6) is -1.08. The molecule has 0 heterocycles. The highest BCUT2D eigenvalue weighted by Crippen LogP contribution is 2.20. The molecule has 1 aromatic rings. The molecule has 112 valence electrons. The first-order valence-corrected chi connectivity index (χ1v) is 7.50. The second kappa shape index (κ2) is 7.93. The van der Waals surface area contributed by atoms with Crippen LogP contribution >= 0.6 is 0 Å². The summed E-state index contributed by atoms with van der Waals surface area (Å²) in [6.45, 7) is 9.65. The van der Waals surface area contributed by atoms with E-state index < -0.39 is 5.97 Å². The summed E-state index contributed by atoms with van der Waals surface area (Å²) >= 11 is 0. The second-order valence-corrected chi connectivity index (χ2v) is 5.66. The van der Waals surface area contributed by atoms with E-state index in [0.29, 0.717) is 6.54 Å². The highest BCUT2D eigenvalue weighted by atomic mass is 16.4. The van der Waals surface area contributed by atoms with Gasteiger partial charge in [-0.2, -0.15) is 0 Å². The van der Waals surface area contributed by atoms with Crippen molar-refractivity contribution in [1.82, 2.24) is 0 Å². The van der Waals surface area contributed by atoms with Gasteiger partial charge in [0, 0.05) is 18.8 Å².